The van der Waals surface area contributed by atoms with Gasteiger partial charge in [-0.05, 0) is 32.4 Å². The zero-order valence-corrected chi connectivity index (χ0v) is 17.7. The van der Waals surface area contributed by atoms with Gasteiger partial charge in [-0.3, -0.25) is 9.58 Å². The van der Waals surface area contributed by atoms with Crippen molar-refractivity contribution in [3.63, 3.8) is 0 Å². The van der Waals surface area contributed by atoms with E-state index >= 15 is 0 Å². The van der Waals surface area contributed by atoms with Gasteiger partial charge >= 0.3 is 6.03 Å². The molecule has 2 aliphatic heterocycles. The number of anilines is 1. The SMILES string of the molecule is CCn1nc(CN2CCN(C(=O)Nc3ccc(C)cc3C)CC2)c2c1CCOC2. The highest BCUT2D eigenvalue weighted by Crippen LogP contribution is 2.23. The Morgan fingerprint density at radius 3 is 2.72 bits per heavy atom. The molecule has 156 valence electrons. The Labute approximate surface area is 172 Å². The van der Waals surface area contributed by atoms with Gasteiger partial charge in [-0.1, -0.05) is 17.7 Å². The Morgan fingerprint density at radius 2 is 2.00 bits per heavy atom. The Morgan fingerprint density at radius 1 is 1.21 bits per heavy atom. The zero-order chi connectivity index (χ0) is 20.4. The van der Waals surface area contributed by atoms with Crippen LogP contribution in [0.3, 0.4) is 0 Å². The van der Waals surface area contributed by atoms with Crippen LogP contribution in [0.5, 0.6) is 0 Å². The van der Waals surface area contributed by atoms with E-state index in [1.54, 1.807) is 0 Å². The Kier molecular flexibility index (Phi) is 5.87. The zero-order valence-electron chi connectivity index (χ0n) is 17.7. The van der Waals surface area contributed by atoms with Gasteiger partial charge in [0.05, 0.1) is 18.9 Å². The lowest BCUT2D eigenvalue weighted by atomic mass is 10.1. The predicted octanol–water partition coefficient (Wildman–Crippen LogP) is 2.94. The molecule has 1 N–H and O–H groups in total. The van der Waals surface area contributed by atoms with Crippen LogP contribution in [-0.4, -0.2) is 58.4 Å². The van der Waals surface area contributed by atoms with Crippen molar-refractivity contribution in [3.8, 4) is 0 Å². The number of hydrogen-bond acceptors (Lipinski definition) is 4. The lowest BCUT2D eigenvalue weighted by molar-refractivity contribution is 0.106. The number of hydrogen-bond donors (Lipinski definition) is 1. The van der Waals surface area contributed by atoms with Gasteiger partial charge in [-0.15, -0.1) is 0 Å². The summed E-state index contributed by atoms with van der Waals surface area (Å²) in [6.07, 6.45) is 0.947. The van der Waals surface area contributed by atoms with Gasteiger partial charge in [-0.25, -0.2) is 4.79 Å². The molecule has 1 aromatic heterocycles. The molecule has 0 bridgehead atoms. The van der Waals surface area contributed by atoms with E-state index in [4.69, 9.17) is 9.84 Å². The highest BCUT2D eigenvalue weighted by Gasteiger charge is 2.25. The lowest BCUT2D eigenvalue weighted by Crippen LogP contribution is -2.49. The number of aryl methyl sites for hydroxylation is 3. The van der Waals surface area contributed by atoms with Crippen molar-refractivity contribution in [2.45, 2.75) is 46.9 Å². The number of carbonyl (C=O) groups is 1. The minimum atomic E-state index is -0.0161. The maximum absolute atomic E-state index is 12.7. The van der Waals surface area contributed by atoms with Crippen molar-refractivity contribution >= 4 is 11.7 Å². The van der Waals surface area contributed by atoms with Crippen LogP contribution in [0, 0.1) is 13.8 Å². The number of urea groups is 1. The molecule has 0 radical (unpaired) electrons. The molecule has 7 nitrogen and oxygen atoms in total. The first kappa shape index (κ1) is 19.9. The molecule has 0 spiro atoms. The molecular weight excluding hydrogens is 366 g/mol. The van der Waals surface area contributed by atoms with E-state index in [0.717, 1.165) is 69.2 Å². The number of rotatable bonds is 4. The summed E-state index contributed by atoms with van der Waals surface area (Å²) < 4.78 is 7.80. The Bertz CT molecular complexity index is 884. The highest BCUT2D eigenvalue weighted by atomic mass is 16.5. The number of nitrogens with zero attached hydrogens (tertiary/aromatic N) is 4. The summed E-state index contributed by atoms with van der Waals surface area (Å²) in [6, 6.07) is 6.08. The standard InChI is InChI=1S/C22H31N5O2/c1-4-27-21-7-12-29-15-18(21)20(24-27)14-25-8-10-26(11-9-25)22(28)23-19-6-5-16(2)13-17(19)3/h5-6,13H,4,7-12,14-15H2,1-3H3,(H,23,28). The van der Waals surface area contributed by atoms with Crippen molar-refractivity contribution in [1.29, 1.82) is 0 Å². The van der Waals surface area contributed by atoms with Crippen molar-refractivity contribution in [2.24, 2.45) is 0 Å². The summed E-state index contributed by atoms with van der Waals surface area (Å²) in [5.74, 6) is 0. The number of fused-ring (bicyclic) bond motifs is 1. The summed E-state index contributed by atoms with van der Waals surface area (Å²) in [5, 5.41) is 7.89. The maximum atomic E-state index is 12.7. The average Bonchev–Trinajstić information content (AvgIpc) is 3.08. The second-order valence-electron chi connectivity index (χ2n) is 8.00. The van der Waals surface area contributed by atoms with E-state index in [1.165, 1.54) is 16.8 Å². The van der Waals surface area contributed by atoms with Crippen molar-refractivity contribution in [2.75, 3.05) is 38.1 Å². The second-order valence-corrected chi connectivity index (χ2v) is 8.00. The molecule has 29 heavy (non-hydrogen) atoms. The molecule has 7 heteroatoms. The van der Waals surface area contributed by atoms with Gasteiger partial charge in [0.25, 0.3) is 0 Å². The fourth-order valence-corrected chi connectivity index (χ4v) is 4.24. The van der Waals surface area contributed by atoms with E-state index in [1.807, 2.05) is 24.0 Å². The fourth-order valence-electron chi connectivity index (χ4n) is 4.24. The maximum Gasteiger partial charge on any atom is 0.321 e. The molecule has 0 atom stereocenters. The van der Waals surface area contributed by atoms with Crippen molar-refractivity contribution in [3.05, 3.63) is 46.3 Å². The normalized spacial score (nSPS) is 17.3. The van der Waals surface area contributed by atoms with Crippen LogP contribution in [0.1, 0.15) is 35.0 Å². The van der Waals surface area contributed by atoms with Crippen LogP contribution < -0.4 is 5.32 Å². The number of nitrogens with one attached hydrogen (secondary N) is 1. The minimum Gasteiger partial charge on any atom is -0.376 e. The van der Waals surface area contributed by atoms with E-state index in [2.05, 4.69) is 34.8 Å². The van der Waals surface area contributed by atoms with Crippen molar-refractivity contribution in [1.82, 2.24) is 19.6 Å². The third-order valence-electron chi connectivity index (χ3n) is 5.94. The lowest BCUT2D eigenvalue weighted by Gasteiger charge is -2.34. The largest absolute Gasteiger partial charge is 0.376 e. The molecule has 0 aliphatic carbocycles. The van der Waals surface area contributed by atoms with Gasteiger partial charge in [0.1, 0.15) is 0 Å². The highest BCUT2D eigenvalue weighted by molar-refractivity contribution is 5.90. The van der Waals surface area contributed by atoms with Gasteiger partial charge in [0.2, 0.25) is 0 Å². The van der Waals surface area contributed by atoms with Gasteiger partial charge in [0.15, 0.2) is 0 Å². The Balaban J connectivity index is 1.34. The minimum absolute atomic E-state index is 0.0161. The number of ether oxygens (including phenoxy) is 1. The van der Waals surface area contributed by atoms with Crippen molar-refractivity contribution < 1.29 is 9.53 Å². The third-order valence-corrected chi connectivity index (χ3v) is 5.94. The summed E-state index contributed by atoms with van der Waals surface area (Å²) in [6.45, 7) is 12.6. The Hall–Kier alpha value is -2.38. The average molecular weight is 398 g/mol. The van der Waals surface area contributed by atoms with Crippen LogP contribution in [0.4, 0.5) is 10.5 Å². The molecular formula is C22H31N5O2. The molecule has 1 saturated heterocycles. The van der Waals surface area contributed by atoms with Gasteiger partial charge < -0.3 is 15.0 Å². The molecule has 2 aliphatic rings. The fraction of sp³-hybridized carbons (Fsp3) is 0.545. The predicted molar refractivity (Wildman–Crippen MR) is 113 cm³/mol. The number of amides is 2. The smallest absolute Gasteiger partial charge is 0.321 e. The molecule has 4 rings (SSSR count). The first-order valence-electron chi connectivity index (χ1n) is 10.6. The second kappa shape index (κ2) is 8.55. The summed E-state index contributed by atoms with van der Waals surface area (Å²) in [5.41, 5.74) is 6.92. The van der Waals surface area contributed by atoms with E-state index in [-0.39, 0.29) is 6.03 Å². The monoisotopic (exact) mass is 397 g/mol. The van der Waals surface area contributed by atoms with Gasteiger partial charge in [-0.2, -0.15) is 5.10 Å². The molecule has 2 amide bonds. The number of piperazine rings is 1. The molecule has 2 aromatic rings. The summed E-state index contributed by atoms with van der Waals surface area (Å²) in [7, 11) is 0. The van der Waals surface area contributed by atoms with Gasteiger partial charge in [0, 0.05) is 62.6 Å². The topological polar surface area (TPSA) is 62.6 Å². The van der Waals surface area contributed by atoms with Crippen LogP contribution in [0.2, 0.25) is 0 Å². The number of benzene rings is 1. The third kappa shape index (κ3) is 4.31. The van der Waals surface area contributed by atoms with Crippen LogP contribution in [0.25, 0.3) is 0 Å². The molecule has 0 unspecified atom stereocenters. The summed E-state index contributed by atoms with van der Waals surface area (Å²) in [4.78, 5) is 17.0. The van der Waals surface area contributed by atoms with E-state index in [9.17, 15) is 4.79 Å². The van der Waals surface area contributed by atoms with E-state index in [0.29, 0.717) is 6.61 Å². The van der Waals surface area contributed by atoms with E-state index < -0.39 is 0 Å². The molecule has 0 saturated carbocycles. The number of aromatic nitrogens is 2. The van der Waals surface area contributed by atoms with Crippen LogP contribution >= 0.6 is 0 Å². The molecule has 1 fully saturated rings. The number of carbonyl (C=O) groups excluding carboxylic acids is 1. The first-order valence-corrected chi connectivity index (χ1v) is 10.6. The first-order chi connectivity index (χ1) is 14.0. The van der Waals surface area contributed by atoms with Crippen LogP contribution in [0.15, 0.2) is 18.2 Å². The molecule has 1 aromatic carbocycles. The summed E-state index contributed by atoms with van der Waals surface area (Å²) >= 11 is 0. The quantitative estimate of drug-likeness (QED) is 0.862. The molecule has 3 heterocycles. The van der Waals surface area contributed by atoms with Crippen LogP contribution in [-0.2, 0) is 30.9 Å².